The van der Waals surface area contributed by atoms with Gasteiger partial charge in [-0.05, 0) is 0 Å². The lowest BCUT2D eigenvalue weighted by Crippen LogP contribution is -2.52. The smallest absolute Gasteiger partial charge is 0.238 e. The minimum absolute atomic E-state index is 0.190. The molecule has 0 aromatic carbocycles. The molecule has 5 N–H and O–H groups in total. The topological polar surface area (TPSA) is 96.2 Å². The monoisotopic (exact) mass is 158 g/mol. The Bertz CT molecular complexity index is 181. The molecule has 6 nitrogen and oxygen atoms in total. The summed E-state index contributed by atoms with van der Waals surface area (Å²) in [5.74, 6) is 4.03. The van der Waals surface area contributed by atoms with Crippen molar-refractivity contribution in [3.63, 3.8) is 0 Å². The molecule has 1 rings (SSSR count). The summed E-state index contributed by atoms with van der Waals surface area (Å²) in [4.78, 5) is 21.6. The SMILES string of the molecule is NNC(=O)C1CNNC(=O)C1. The van der Waals surface area contributed by atoms with Crippen LogP contribution in [0.5, 0.6) is 0 Å². The maximum atomic E-state index is 10.9. The predicted octanol–water partition coefficient (Wildman–Crippen LogP) is -2.38. The van der Waals surface area contributed by atoms with E-state index in [9.17, 15) is 9.59 Å². The summed E-state index contributed by atoms with van der Waals surface area (Å²) in [6.07, 6.45) is 0.191. The molecule has 1 unspecified atom stereocenters. The molecule has 2 amide bonds. The Morgan fingerprint density at radius 2 is 2.45 bits per heavy atom. The van der Waals surface area contributed by atoms with E-state index in [1.165, 1.54) is 0 Å². The van der Waals surface area contributed by atoms with E-state index in [1.807, 2.05) is 5.43 Å². The zero-order chi connectivity index (χ0) is 8.27. The Morgan fingerprint density at radius 3 is 3.00 bits per heavy atom. The van der Waals surface area contributed by atoms with Gasteiger partial charge >= 0.3 is 0 Å². The second kappa shape index (κ2) is 3.31. The summed E-state index contributed by atoms with van der Waals surface area (Å²) in [5.41, 5.74) is 6.96. The predicted molar refractivity (Wildman–Crippen MR) is 36.6 cm³/mol. The van der Waals surface area contributed by atoms with Crippen LogP contribution in [-0.2, 0) is 9.59 Å². The van der Waals surface area contributed by atoms with E-state index in [1.54, 1.807) is 0 Å². The van der Waals surface area contributed by atoms with Gasteiger partial charge in [-0.15, -0.1) is 0 Å². The third-order valence-corrected chi connectivity index (χ3v) is 1.52. The molecule has 6 heteroatoms. The molecule has 1 atom stereocenters. The lowest BCUT2D eigenvalue weighted by Gasteiger charge is -2.20. The first-order chi connectivity index (χ1) is 5.24. The number of carbonyl (C=O) groups is 2. The fraction of sp³-hybridized carbons (Fsp3) is 0.600. The van der Waals surface area contributed by atoms with Gasteiger partial charge in [0.15, 0.2) is 0 Å². The Kier molecular flexibility index (Phi) is 2.40. The molecule has 11 heavy (non-hydrogen) atoms. The lowest BCUT2D eigenvalue weighted by molar-refractivity contribution is -0.133. The van der Waals surface area contributed by atoms with Crippen LogP contribution < -0.4 is 22.1 Å². The molecule has 1 fully saturated rings. The molecule has 0 aromatic heterocycles. The highest BCUT2D eigenvalue weighted by atomic mass is 16.2. The van der Waals surface area contributed by atoms with Gasteiger partial charge in [0.2, 0.25) is 11.8 Å². The number of amides is 2. The van der Waals surface area contributed by atoms with Crippen molar-refractivity contribution in [3.05, 3.63) is 0 Å². The van der Waals surface area contributed by atoms with E-state index in [2.05, 4.69) is 10.9 Å². The van der Waals surface area contributed by atoms with E-state index >= 15 is 0 Å². The second-order valence-corrected chi connectivity index (χ2v) is 2.34. The van der Waals surface area contributed by atoms with Crippen molar-refractivity contribution in [2.45, 2.75) is 6.42 Å². The van der Waals surface area contributed by atoms with Crippen LogP contribution in [0.3, 0.4) is 0 Å². The van der Waals surface area contributed by atoms with E-state index < -0.39 is 0 Å². The van der Waals surface area contributed by atoms with Crippen molar-refractivity contribution in [2.75, 3.05) is 6.54 Å². The highest BCUT2D eigenvalue weighted by Gasteiger charge is 2.24. The molecule has 0 aliphatic carbocycles. The van der Waals surface area contributed by atoms with Crippen molar-refractivity contribution in [1.82, 2.24) is 16.3 Å². The Morgan fingerprint density at radius 1 is 1.73 bits per heavy atom. The van der Waals surface area contributed by atoms with Crippen molar-refractivity contribution in [3.8, 4) is 0 Å². The molecule has 1 heterocycles. The van der Waals surface area contributed by atoms with Gasteiger partial charge in [-0.25, -0.2) is 11.3 Å². The minimum Gasteiger partial charge on any atom is -0.294 e. The number of hydrazine groups is 2. The zero-order valence-corrected chi connectivity index (χ0v) is 5.89. The van der Waals surface area contributed by atoms with Gasteiger partial charge in [0.25, 0.3) is 0 Å². The van der Waals surface area contributed by atoms with Crippen molar-refractivity contribution in [2.24, 2.45) is 11.8 Å². The largest absolute Gasteiger partial charge is 0.294 e. The van der Waals surface area contributed by atoms with Crippen LogP contribution in [0, 0.1) is 5.92 Å². The van der Waals surface area contributed by atoms with E-state index in [0.29, 0.717) is 6.54 Å². The molecule has 0 spiro atoms. The number of carbonyl (C=O) groups excluding carboxylic acids is 2. The summed E-state index contributed by atoms with van der Waals surface area (Å²) < 4.78 is 0. The van der Waals surface area contributed by atoms with Gasteiger partial charge in [-0.3, -0.25) is 20.4 Å². The third-order valence-electron chi connectivity index (χ3n) is 1.52. The zero-order valence-electron chi connectivity index (χ0n) is 5.89. The molecule has 62 valence electrons. The van der Waals surface area contributed by atoms with Crippen LogP contribution >= 0.6 is 0 Å². The summed E-state index contributed by atoms with van der Waals surface area (Å²) in [6.45, 7) is 0.425. The van der Waals surface area contributed by atoms with Gasteiger partial charge < -0.3 is 0 Å². The summed E-state index contributed by atoms with van der Waals surface area (Å²) in [5, 5.41) is 0. The number of nitrogens with two attached hydrogens (primary N) is 1. The molecule has 1 aliphatic heterocycles. The Labute approximate surface area is 63.4 Å². The standard InChI is InChI=1S/C5H10N4O2/c6-8-5(11)3-1-4(10)9-7-2-3/h3,7H,1-2,6H2,(H,8,11)(H,9,10). The lowest BCUT2D eigenvalue weighted by atomic mass is 10.0. The normalized spacial score (nSPS) is 24.1. The van der Waals surface area contributed by atoms with E-state index in [-0.39, 0.29) is 24.2 Å². The highest BCUT2D eigenvalue weighted by Crippen LogP contribution is 2.03. The fourth-order valence-corrected chi connectivity index (χ4v) is 0.923. The van der Waals surface area contributed by atoms with Crippen LogP contribution in [0.25, 0.3) is 0 Å². The van der Waals surface area contributed by atoms with Gasteiger partial charge in [0, 0.05) is 13.0 Å². The van der Waals surface area contributed by atoms with Crippen molar-refractivity contribution in [1.29, 1.82) is 0 Å². The summed E-state index contributed by atoms with van der Waals surface area (Å²) in [7, 11) is 0. The molecular formula is C5H10N4O2. The van der Waals surface area contributed by atoms with Crippen molar-refractivity contribution < 1.29 is 9.59 Å². The average molecular weight is 158 g/mol. The maximum Gasteiger partial charge on any atom is 0.238 e. The third kappa shape index (κ3) is 1.89. The fourth-order valence-electron chi connectivity index (χ4n) is 0.923. The second-order valence-electron chi connectivity index (χ2n) is 2.34. The van der Waals surface area contributed by atoms with Gasteiger partial charge in [0.1, 0.15) is 0 Å². The average Bonchev–Trinajstić information content (AvgIpc) is 2.03. The Balaban J connectivity index is 2.45. The van der Waals surface area contributed by atoms with Crippen molar-refractivity contribution >= 4 is 11.8 Å². The maximum absolute atomic E-state index is 10.9. The minimum atomic E-state index is -0.353. The van der Waals surface area contributed by atoms with Crippen LogP contribution in [0.4, 0.5) is 0 Å². The summed E-state index contributed by atoms with van der Waals surface area (Å²) >= 11 is 0. The first-order valence-electron chi connectivity index (χ1n) is 3.26. The molecule has 1 aliphatic rings. The first-order valence-corrected chi connectivity index (χ1v) is 3.26. The van der Waals surface area contributed by atoms with Gasteiger partial charge in [-0.1, -0.05) is 0 Å². The quantitative estimate of drug-likeness (QED) is 0.194. The summed E-state index contributed by atoms with van der Waals surface area (Å²) in [6, 6.07) is 0. The van der Waals surface area contributed by atoms with Gasteiger partial charge in [-0.2, -0.15) is 0 Å². The number of hydrogen-bond donors (Lipinski definition) is 4. The number of nitrogens with one attached hydrogen (secondary N) is 3. The number of hydrogen-bond acceptors (Lipinski definition) is 4. The molecule has 0 bridgehead atoms. The molecule has 0 saturated carbocycles. The molecule has 0 radical (unpaired) electrons. The highest BCUT2D eigenvalue weighted by molar-refractivity contribution is 5.86. The van der Waals surface area contributed by atoms with Crippen LogP contribution in [0.1, 0.15) is 6.42 Å². The van der Waals surface area contributed by atoms with Crippen LogP contribution in [0.2, 0.25) is 0 Å². The molecule has 1 saturated heterocycles. The first kappa shape index (κ1) is 7.96. The van der Waals surface area contributed by atoms with Crippen LogP contribution in [0.15, 0.2) is 0 Å². The number of rotatable bonds is 1. The Hall–Kier alpha value is -1.14. The molecular weight excluding hydrogens is 148 g/mol. The van der Waals surface area contributed by atoms with Crippen LogP contribution in [-0.4, -0.2) is 18.4 Å². The van der Waals surface area contributed by atoms with Gasteiger partial charge in [0.05, 0.1) is 5.92 Å². The van der Waals surface area contributed by atoms with E-state index in [0.717, 1.165) is 0 Å². The molecule has 0 aromatic rings. The van der Waals surface area contributed by atoms with E-state index in [4.69, 9.17) is 5.84 Å².